The summed E-state index contributed by atoms with van der Waals surface area (Å²) in [7, 11) is 0. The number of rotatable bonds is 6. The molecule has 0 saturated carbocycles. The van der Waals surface area contributed by atoms with Crippen molar-refractivity contribution in [2.75, 3.05) is 19.7 Å². The summed E-state index contributed by atoms with van der Waals surface area (Å²) < 4.78 is 0. The zero-order valence-electron chi connectivity index (χ0n) is 8.40. The van der Waals surface area contributed by atoms with Crippen LogP contribution in [0.5, 0.6) is 0 Å². The predicted molar refractivity (Wildman–Crippen MR) is 51.6 cm³/mol. The molecule has 15 heavy (non-hydrogen) atoms. The third-order valence-electron chi connectivity index (χ3n) is 2.19. The predicted octanol–water partition coefficient (Wildman–Crippen LogP) is -0.547. The molecule has 7 nitrogen and oxygen atoms in total. The molecule has 0 unspecified atom stereocenters. The van der Waals surface area contributed by atoms with Crippen LogP contribution in [0.3, 0.4) is 0 Å². The van der Waals surface area contributed by atoms with Gasteiger partial charge in [-0.2, -0.15) is 0 Å². The molecule has 2 N–H and O–H groups in total. The van der Waals surface area contributed by atoms with Crippen LogP contribution >= 0.6 is 0 Å². The Balaban J connectivity index is 1.99. The number of hydrogen-bond acceptors (Lipinski definition) is 5. The lowest BCUT2D eigenvalue weighted by Gasteiger charge is -2.10. The maximum absolute atomic E-state index is 11.4. The highest BCUT2D eigenvalue weighted by Crippen LogP contribution is 2.04. The largest absolute Gasteiger partial charge is 0.355 e. The lowest BCUT2D eigenvalue weighted by Crippen LogP contribution is -2.40. The monoisotopic (exact) mass is 217 g/mol. The van der Waals surface area contributed by atoms with E-state index in [-0.39, 0.29) is 18.6 Å². The summed E-state index contributed by atoms with van der Waals surface area (Å²) in [5.41, 5.74) is 0. The zero-order valence-corrected chi connectivity index (χ0v) is 8.40. The highest BCUT2D eigenvalue weighted by Gasteiger charge is 2.20. The fourth-order valence-corrected chi connectivity index (χ4v) is 1.45. The molecule has 86 valence electrons. The van der Waals surface area contributed by atoms with E-state index in [2.05, 4.69) is 15.5 Å². The van der Waals surface area contributed by atoms with Gasteiger partial charge in [0.1, 0.15) is 0 Å². The Bertz CT molecular complexity index is 228. The fraction of sp³-hybridized carbons (Fsp3) is 0.875. The first-order valence-corrected chi connectivity index (χ1v) is 4.98. The zero-order chi connectivity index (χ0) is 11.1. The van der Waals surface area contributed by atoms with Crippen LogP contribution in [0.4, 0.5) is 0 Å². The molecule has 0 bridgehead atoms. The summed E-state index contributed by atoms with van der Waals surface area (Å²) >= 11 is 0. The van der Waals surface area contributed by atoms with Gasteiger partial charge in [-0.05, 0) is 25.8 Å². The number of nitrogens with zero attached hydrogens (tertiary/aromatic N) is 1. The van der Waals surface area contributed by atoms with Gasteiger partial charge < -0.3 is 15.5 Å². The Hall–Kier alpha value is -1.37. The SMILES string of the molecule is O=C(NCCCO[N+](=O)[O-])[C@@H]1CCCN1. The number of carbonyl (C=O) groups excluding carboxylic acids is 1. The normalized spacial score (nSPS) is 19.9. The minimum atomic E-state index is -0.833. The molecule has 1 heterocycles. The quantitative estimate of drug-likeness (QED) is 0.354. The molecule has 7 heteroatoms. The molecular weight excluding hydrogens is 202 g/mol. The summed E-state index contributed by atoms with van der Waals surface area (Å²) in [6, 6.07) is -0.0959. The van der Waals surface area contributed by atoms with E-state index >= 15 is 0 Å². The van der Waals surface area contributed by atoms with Crippen molar-refractivity contribution in [3.05, 3.63) is 10.1 Å². The van der Waals surface area contributed by atoms with Gasteiger partial charge in [0.05, 0.1) is 12.6 Å². The third kappa shape index (κ3) is 4.59. The van der Waals surface area contributed by atoms with Crippen LogP contribution in [0.15, 0.2) is 0 Å². The first-order chi connectivity index (χ1) is 7.20. The van der Waals surface area contributed by atoms with Crippen molar-refractivity contribution in [2.45, 2.75) is 25.3 Å². The molecule has 1 amide bonds. The summed E-state index contributed by atoms with van der Waals surface area (Å²) in [6.07, 6.45) is 2.32. The molecule has 0 aliphatic carbocycles. The highest BCUT2D eigenvalue weighted by atomic mass is 16.9. The molecule has 0 aromatic heterocycles. The summed E-state index contributed by atoms with van der Waals surface area (Å²) in [5.74, 6) is -0.0337. The molecule has 1 rings (SSSR count). The Kier molecular flexibility index (Phi) is 4.82. The van der Waals surface area contributed by atoms with Gasteiger partial charge in [0.25, 0.3) is 5.09 Å². The van der Waals surface area contributed by atoms with Gasteiger partial charge in [-0.25, -0.2) is 0 Å². The summed E-state index contributed by atoms with van der Waals surface area (Å²) in [4.78, 5) is 25.3. The van der Waals surface area contributed by atoms with Gasteiger partial charge in [-0.15, -0.1) is 10.1 Å². The maximum atomic E-state index is 11.4. The number of amides is 1. The van der Waals surface area contributed by atoms with Crippen LogP contribution in [0.25, 0.3) is 0 Å². The van der Waals surface area contributed by atoms with E-state index in [0.29, 0.717) is 13.0 Å². The number of nitrogens with one attached hydrogen (secondary N) is 2. The average Bonchev–Trinajstić information content (AvgIpc) is 2.69. The van der Waals surface area contributed by atoms with Crippen LogP contribution < -0.4 is 10.6 Å². The summed E-state index contributed by atoms with van der Waals surface area (Å²) in [6.45, 7) is 1.30. The van der Waals surface area contributed by atoms with Gasteiger partial charge in [0.2, 0.25) is 5.91 Å². The van der Waals surface area contributed by atoms with Crippen molar-refractivity contribution in [1.29, 1.82) is 0 Å². The van der Waals surface area contributed by atoms with Crippen molar-refractivity contribution >= 4 is 5.91 Å². The molecule has 1 fully saturated rings. The molecule has 0 aromatic carbocycles. The van der Waals surface area contributed by atoms with Gasteiger partial charge in [0, 0.05) is 6.54 Å². The van der Waals surface area contributed by atoms with E-state index in [0.717, 1.165) is 19.4 Å². The Morgan fingerprint density at radius 1 is 1.67 bits per heavy atom. The number of hydrogen-bond donors (Lipinski definition) is 2. The van der Waals surface area contributed by atoms with Crippen molar-refractivity contribution in [3.63, 3.8) is 0 Å². The minimum absolute atomic E-state index is 0.0192. The highest BCUT2D eigenvalue weighted by molar-refractivity contribution is 5.81. The third-order valence-corrected chi connectivity index (χ3v) is 2.19. The minimum Gasteiger partial charge on any atom is -0.355 e. The average molecular weight is 217 g/mol. The standard InChI is InChI=1S/C8H15N3O4/c12-8(7-3-1-4-9-7)10-5-2-6-15-11(13)14/h7,9H,1-6H2,(H,10,12)/t7-/m0/s1. The van der Waals surface area contributed by atoms with Crippen LogP contribution in [0, 0.1) is 10.1 Å². The molecule has 1 saturated heterocycles. The molecule has 0 radical (unpaired) electrons. The second kappa shape index (κ2) is 6.18. The molecule has 1 aliphatic heterocycles. The van der Waals surface area contributed by atoms with E-state index in [1.165, 1.54) is 0 Å². The van der Waals surface area contributed by atoms with Gasteiger partial charge in [0.15, 0.2) is 0 Å². The van der Waals surface area contributed by atoms with E-state index < -0.39 is 5.09 Å². The Morgan fingerprint density at radius 2 is 2.47 bits per heavy atom. The van der Waals surface area contributed by atoms with Crippen LogP contribution in [-0.4, -0.2) is 36.7 Å². The first kappa shape index (κ1) is 11.7. The second-order valence-corrected chi connectivity index (χ2v) is 3.35. The van der Waals surface area contributed by atoms with E-state index in [1.54, 1.807) is 0 Å². The van der Waals surface area contributed by atoms with Crippen molar-refractivity contribution in [2.24, 2.45) is 0 Å². The van der Waals surface area contributed by atoms with Crippen LogP contribution in [-0.2, 0) is 9.63 Å². The van der Waals surface area contributed by atoms with Gasteiger partial charge >= 0.3 is 0 Å². The Labute approximate surface area is 87.3 Å². The van der Waals surface area contributed by atoms with E-state index in [1.807, 2.05) is 0 Å². The fourth-order valence-electron chi connectivity index (χ4n) is 1.45. The van der Waals surface area contributed by atoms with Gasteiger partial charge in [-0.3, -0.25) is 4.79 Å². The maximum Gasteiger partial charge on any atom is 0.294 e. The van der Waals surface area contributed by atoms with E-state index in [9.17, 15) is 14.9 Å². The van der Waals surface area contributed by atoms with E-state index in [4.69, 9.17) is 0 Å². The van der Waals surface area contributed by atoms with Crippen molar-refractivity contribution in [3.8, 4) is 0 Å². The van der Waals surface area contributed by atoms with Crippen LogP contribution in [0.1, 0.15) is 19.3 Å². The Morgan fingerprint density at radius 3 is 3.07 bits per heavy atom. The molecular formula is C8H15N3O4. The van der Waals surface area contributed by atoms with Crippen LogP contribution in [0.2, 0.25) is 0 Å². The molecule has 1 aliphatic rings. The molecule has 1 atom stereocenters. The van der Waals surface area contributed by atoms with Gasteiger partial charge in [-0.1, -0.05) is 0 Å². The number of carbonyl (C=O) groups is 1. The molecule has 0 spiro atoms. The lowest BCUT2D eigenvalue weighted by molar-refractivity contribution is -0.757. The second-order valence-electron chi connectivity index (χ2n) is 3.35. The first-order valence-electron chi connectivity index (χ1n) is 4.98. The van der Waals surface area contributed by atoms with Crippen molar-refractivity contribution < 1.29 is 14.7 Å². The smallest absolute Gasteiger partial charge is 0.294 e. The topological polar surface area (TPSA) is 93.5 Å². The summed E-state index contributed by atoms with van der Waals surface area (Å²) in [5, 5.41) is 14.7. The lowest BCUT2D eigenvalue weighted by atomic mass is 10.2. The molecule has 0 aromatic rings. The van der Waals surface area contributed by atoms with Crippen molar-refractivity contribution in [1.82, 2.24) is 10.6 Å².